The molecule has 1 aromatic carbocycles. The van der Waals surface area contributed by atoms with Crippen molar-refractivity contribution in [1.29, 1.82) is 0 Å². The molecule has 0 bridgehead atoms. The van der Waals surface area contributed by atoms with E-state index < -0.39 is 0 Å². The van der Waals surface area contributed by atoms with Crippen molar-refractivity contribution >= 4 is 22.5 Å². The molecule has 2 rings (SSSR count). The highest BCUT2D eigenvalue weighted by Crippen LogP contribution is 2.15. The molecule has 1 amide bonds. The SMILES string of the molecule is CCC(C)/C(C)=N/NC(=O)c1cccc2cccnc12. The largest absolute Gasteiger partial charge is 0.273 e. The minimum Gasteiger partial charge on any atom is -0.267 e. The molecule has 1 unspecified atom stereocenters. The molecule has 0 aliphatic heterocycles. The summed E-state index contributed by atoms with van der Waals surface area (Å²) in [5.74, 6) is 0.137. The second-order valence-corrected chi connectivity index (χ2v) is 4.88. The molecule has 0 saturated heterocycles. The zero-order valence-electron chi connectivity index (χ0n) is 12.1. The number of amides is 1. The van der Waals surface area contributed by atoms with Crippen molar-refractivity contribution in [1.82, 2.24) is 10.4 Å². The summed E-state index contributed by atoms with van der Waals surface area (Å²) in [6.07, 6.45) is 2.69. The maximum absolute atomic E-state index is 12.2. The van der Waals surface area contributed by atoms with Crippen molar-refractivity contribution in [3.63, 3.8) is 0 Å². The van der Waals surface area contributed by atoms with Crippen molar-refractivity contribution in [2.45, 2.75) is 27.2 Å². The third kappa shape index (κ3) is 3.02. The van der Waals surface area contributed by atoms with Gasteiger partial charge in [0.1, 0.15) is 0 Å². The number of fused-ring (bicyclic) bond motifs is 1. The van der Waals surface area contributed by atoms with Crippen LogP contribution in [-0.2, 0) is 0 Å². The first-order valence-electron chi connectivity index (χ1n) is 6.81. The summed E-state index contributed by atoms with van der Waals surface area (Å²) in [4.78, 5) is 16.5. The van der Waals surface area contributed by atoms with Crippen molar-refractivity contribution in [2.75, 3.05) is 0 Å². The first kappa shape index (κ1) is 14.2. The Morgan fingerprint density at radius 1 is 1.35 bits per heavy atom. The van der Waals surface area contributed by atoms with E-state index in [1.165, 1.54) is 0 Å². The number of aromatic nitrogens is 1. The number of carbonyl (C=O) groups excluding carboxylic acids is 1. The average Bonchev–Trinajstić information content (AvgIpc) is 2.50. The molecule has 0 fully saturated rings. The molecular weight excluding hydrogens is 250 g/mol. The van der Waals surface area contributed by atoms with E-state index in [2.05, 4.69) is 29.4 Å². The second kappa shape index (κ2) is 6.28. The van der Waals surface area contributed by atoms with Gasteiger partial charge in [-0.25, -0.2) is 5.43 Å². The van der Waals surface area contributed by atoms with Gasteiger partial charge in [0.25, 0.3) is 5.91 Å². The number of hydrogen-bond donors (Lipinski definition) is 1. The van der Waals surface area contributed by atoms with E-state index in [0.29, 0.717) is 17.0 Å². The Labute approximate surface area is 118 Å². The molecule has 0 radical (unpaired) electrons. The lowest BCUT2D eigenvalue weighted by molar-refractivity contribution is 0.0956. The van der Waals surface area contributed by atoms with E-state index in [1.54, 1.807) is 12.3 Å². The van der Waals surface area contributed by atoms with E-state index in [9.17, 15) is 4.79 Å². The van der Waals surface area contributed by atoms with Crippen LogP contribution in [0.15, 0.2) is 41.6 Å². The fourth-order valence-corrected chi connectivity index (χ4v) is 1.89. The third-order valence-corrected chi connectivity index (χ3v) is 3.54. The molecule has 20 heavy (non-hydrogen) atoms. The van der Waals surface area contributed by atoms with Crippen LogP contribution in [0.4, 0.5) is 0 Å². The van der Waals surface area contributed by atoms with Gasteiger partial charge in [-0.2, -0.15) is 5.10 Å². The average molecular weight is 269 g/mol. The molecule has 0 aliphatic rings. The first-order valence-corrected chi connectivity index (χ1v) is 6.81. The number of nitrogens with zero attached hydrogens (tertiary/aromatic N) is 2. The van der Waals surface area contributed by atoms with Gasteiger partial charge in [-0.3, -0.25) is 9.78 Å². The molecule has 1 aromatic heterocycles. The maximum atomic E-state index is 12.2. The molecule has 1 atom stereocenters. The highest BCUT2D eigenvalue weighted by Gasteiger charge is 2.10. The second-order valence-electron chi connectivity index (χ2n) is 4.88. The Hall–Kier alpha value is -2.23. The Kier molecular flexibility index (Phi) is 4.45. The number of benzene rings is 1. The van der Waals surface area contributed by atoms with Gasteiger partial charge in [0, 0.05) is 17.3 Å². The minimum absolute atomic E-state index is 0.225. The lowest BCUT2D eigenvalue weighted by Gasteiger charge is -2.08. The number of carbonyl (C=O) groups is 1. The molecule has 1 N–H and O–H groups in total. The summed E-state index contributed by atoms with van der Waals surface area (Å²) in [6, 6.07) is 9.34. The van der Waals surface area contributed by atoms with Crippen LogP contribution in [0.1, 0.15) is 37.6 Å². The zero-order chi connectivity index (χ0) is 14.5. The Morgan fingerprint density at radius 2 is 2.10 bits per heavy atom. The van der Waals surface area contributed by atoms with Crippen molar-refractivity contribution in [3.8, 4) is 0 Å². The Morgan fingerprint density at radius 3 is 2.85 bits per heavy atom. The topological polar surface area (TPSA) is 54.4 Å². The summed E-state index contributed by atoms with van der Waals surface area (Å²) >= 11 is 0. The van der Waals surface area contributed by atoms with Crippen LogP contribution in [0.2, 0.25) is 0 Å². The van der Waals surface area contributed by atoms with Crippen LogP contribution in [0.3, 0.4) is 0 Å². The van der Waals surface area contributed by atoms with Crippen molar-refractivity contribution < 1.29 is 4.79 Å². The molecule has 104 valence electrons. The quantitative estimate of drug-likeness (QED) is 0.683. The van der Waals surface area contributed by atoms with Gasteiger partial charge >= 0.3 is 0 Å². The number of rotatable bonds is 4. The molecule has 2 aromatic rings. The summed E-state index contributed by atoms with van der Waals surface area (Å²) in [7, 11) is 0. The van der Waals surface area contributed by atoms with E-state index in [-0.39, 0.29) is 5.91 Å². The third-order valence-electron chi connectivity index (χ3n) is 3.54. The number of hydrogen-bond acceptors (Lipinski definition) is 3. The van der Waals surface area contributed by atoms with Gasteiger partial charge in [0.15, 0.2) is 0 Å². The van der Waals surface area contributed by atoms with Gasteiger partial charge in [0.05, 0.1) is 11.1 Å². The molecule has 1 heterocycles. The summed E-state index contributed by atoms with van der Waals surface area (Å²) in [6.45, 7) is 6.11. The molecular formula is C16H19N3O. The van der Waals surface area contributed by atoms with E-state index in [4.69, 9.17) is 0 Å². The summed E-state index contributed by atoms with van der Waals surface area (Å²) in [5, 5.41) is 5.11. The van der Waals surface area contributed by atoms with E-state index in [0.717, 1.165) is 17.5 Å². The van der Waals surface area contributed by atoms with Crippen LogP contribution < -0.4 is 5.43 Å². The highest BCUT2D eigenvalue weighted by molar-refractivity contribution is 6.05. The fraction of sp³-hybridized carbons (Fsp3) is 0.312. The molecule has 0 aliphatic carbocycles. The Bertz CT molecular complexity index is 644. The van der Waals surface area contributed by atoms with E-state index in [1.807, 2.05) is 31.2 Å². The Balaban J connectivity index is 2.24. The number of nitrogens with one attached hydrogen (secondary N) is 1. The maximum Gasteiger partial charge on any atom is 0.273 e. The summed E-state index contributed by atoms with van der Waals surface area (Å²) < 4.78 is 0. The molecule has 0 saturated carbocycles. The lowest BCUT2D eigenvalue weighted by atomic mass is 10.1. The van der Waals surface area contributed by atoms with Gasteiger partial charge < -0.3 is 0 Å². The van der Waals surface area contributed by atoms with Gasteiger partial charge in [-0.1, -0.05) is 32.0 Å². The lowest BCUT2D eigenvalue weighted by Crippen LogP contribution is -2.21. The molecule has 4 heteroatoms. The predicted octanol–water partition coefficient (Wildman–Crippen LogP) is 3.39. The predicted molar refractivity (Wildman–Crippen MR) is 81.8 cm³/mol. The standard InChI is InChI=1S/C16H19N3O/c1-4-11(2)12(3)18-19-16(20)14-9-5-7-13-8-6-10-17-15(13)14/h5-11H,4H2,1-3H3,(H,19,20)/b18-12+. The van der Waals surface area contributed by atoms with Crippen LogP contribution in [0, 0.1) is 5.92 Å². The highest BCUT2D eigenvalue weighted by atomic mass is 16.2. The first-order chi connectivity index (χ1) is 9.63. The fourth-order valence-electron chi connectivity index (χ4n) is 1.89. The van der Waals surface area contributed by atoms with Crippen LogP contribution in [-0.4, -0.2) is 16.6 Å². The minimum atomic E-state index is -0.225. The van der Waals surface area contributed by atoms with Crippen molar-refractivity contribution in [3.05, 3.63) is 42.1 Å². The monoisotopic (exact) mass is 269 g/mol. The van der Waals surface area contributed by atoms with Gasteiger partial charge in [0.2, 0.25) is 0 Å². The smallest absolute Gasteiger partial charge is 0.267 e. The summed E-state index contributed by atoms with van der Waals surface area (Å²) in [5.41, 5.74) is 4.78. The van der Waals surface area contributed by atoms with Crippen LogP contribution >= 0.6 is 0 Å². The van der Waals surface area contributed by atoms with Crippen LogP contribution in [0.25, 0.3) is 10.9 Å². The normalized spacial score (nSPS) is 13.2. The van der Waals surface area contributed by atoms with Gasteiger partial charge in [-0.05, 0) is 31.4 Å². The van der Waals surface area contributed by atoms with E-state index >= 15 is 0 Å². The van der Waals surface area contributed by atoms with Crippen molar-refractivity contribution in [2.24, 2.45) is 11.0 Å². The van der Waals surface area contributed by atoms with Crippen LogP contribution in [0.5, 0.6) is 0 Å². The number of para-hydroxylation sites is 1. The van der Waals surface area contributed by atoms with Gasteiger partial charge in [-0.15, -0.1) is 0 Å². The zero-order valence-corrected chi connectivity index (χ0v) is 12.1. The number of pyridine rings is 1. The number of hydrazone groups is 1. The molecule has 4 nitrogen and oxygen atoms in total. The molecule has 0 spiro atoms.